The zero-order valence-electron chi connectivity index (χ0n) is 16.1. The van der Waals surface area contributed by atoms with Crippen molar-refractivity contribution in [3.05, 3.63) is 59.7 Å². The zero-order chi connectivity index (χ0) is 18.9. The average molecular weight is 351 g/mol. The highest BCUT2D eigenvalue weighted by Gasteiger charge is 2.51. The number of benzene rings is 2. The molecular weight excluding hydrogens is 325 g/mol. The molecule has 136 valence electrons. The fourth-order valence-corrected chi connectivity index (χ4v) is 2.80. The Kier molecular flexibility index (Phi) is 4.95. The maximum absolute atomic E-state index is 12.2. The van der Waals surface area contributed by atoms with E-state index < -0.39 is 0 Å². The van der Waals surface area contributed by atoms with Crippen molar-refractivity contribution in [1.29, 1.82) is 0 Å². The molecule has 0 radical (unpaired) electrons. The molecule has 1 aliphatic rings. The van der Waals surface area contributed by atoms with Gasteiger partial charge in [-0.3, -0.25) is 4.79 Å². The summed E-state index contributed by atoms with van der Waals surface area (Å²) in [5.74, 6) is -0.0303. The fraction of sp³-hybridized carbons (Fsp3) is 0.381. The van der Waals surface area contributed by atoms with Gasteiger partial charge in [0.2, 0.25) is 5.91 Å². The van der Waals surface area contributed by atoms with Gasteiger partial charge in [0, 0.05) is 5.69 Å². The number of hydrogen-bond donors (Lipinski definition) is 1. The second-order valence-electron chi connectivity index (χ2n) is 7.92. The van der Waals surface area contributed by atoms with Crippen LogP contribution in [-0.4, -0.2) is 24.2 Å². The lowest BCUT2D eigenvalue weighted by atomic mass is 9.79. The van der Waals surface area contributed by atoms with Crippen LogP contribution in [0.25, 0.3) is 0 Å². The Bertz CT molecular complexity index is 766. The lowest BCUT2D eigenvalue weighted by Crippen LogP contribution is -2.41. The number of nitrogens with one attached hydrogen (secondary N) is 1. The van der Waals surface area contributed by atoms with Gasteiger partial charge in [-0.1, -0.05) is 42.0 Å². The summed E-state index contributed by atoms with van der Waals surface area (Å²) in [5.41, 5.74) is 3.19. The van der Waals surface area contributed by atoms with Crippen LogP contribution in [-0.2, 0) is 20.5 Å². The molecule has 0 saturated carbocycles. The van der Waals surface area contributed by atoms with E-state index in [-0.39, 0.29) is 24.2 Å². The normalized spacial score (nSPS) is 18.0. The van der Waals surface area contributed by atoms with Crippen molar-refractivity contribution in [2.75, 3.05) is 5.32 Å². The van der Waals surface area contributed by atoms with Crippen LogP contribution in [0.4, 0.5) is 5.69 Å². The third kappa shape index (κ3) is 4.00. The van der Waals surface area contributed by atoms with E-state index in [0.717, 1.165) is 16.7 Å². The maximum atomic E-state index is 12.2. The summed E-state index contributed by atoms with van der Waals surface area (Å²) >= 11 is 0. The molecule has 5 heteroatoms. The van der Waals surface area contributed by atoms with Gasteiger partial charge in [0.05, 0.1) is 17.6 Å². The molecule has 0 unspecified atom stereocenters. The minimum absolute atomic E-state index is 0.0303. The Morgan fingerprint density at radius 1 is 0.923 bits per heavy atom. The predicted octanol–water partition coefficient (Wildman–Crippen LogP) is 3.48. The Morgan fingerprint density at radius 2 is 1.46 bits per heavy atom. The van der Waals surface area contributed by atoms with Crippen LogP contribution in [0.5, 0.6) is 0 Å². The van der Waals surface area contributed by atoms with Gasteiger partial charge in [-0.05, 0) is 57.8 Å². The summed E-state index contributed by atoms with van der Waals surface area (Å²) in [6.45, 7) is 10.2. The molecule has 1 amide bonds. The molecule has 1 heterocycles. The minimum atomic E-state index is -0.379. The van der Waals surface area contributed by atoms with Crippen molar-refractivity contribution in [3.63, 3.8) is 0 Å². The van der Waals surface area contributed by atoms with Crippen molar-refractivity contribution in [2.24, 2.45) is 0 Å². The van der Waals surface area contributed by atoms with Crippen LogP contribution in [0.3, 0.4) is 0 Å². The number of amides is 1. The molecule has 0 bridgehead atoms. The van der Waals surface area contributed by atoms with Gasteiger partial charge in [0.15, 0.2) is 0 Å². The Morgan fingerprint density at radius 3 is 2.00 bits per heavy atom. The standard InChI is InChI=1S/C21H26BNO3/c1-15-6-12-18(13-7-15)23-19(24)14-16-8-10-17(11-9-16)22-25-20(2,3)21(4,5)26-22/h6-13H,14H2,1-5H3,(H,23,24). The van der Waals surface area contributed by atoms with Gasteiger partial charge in [-0.2, -0.15) is 0 Å². The number of anilines is 1. The quantitative estimate of drug-likeness (QED) is 0.858. The second kappa shape index (κ2) is 6.90. The van der Waals surface area contributed by atoms with Gasteiger partial charge in [0.1, 0.15) is 0 Å². The molecule has 1 aliphatic heterocycles. The van der Waals surface area contributed by atoms with Gasteiger partial charge in [-0.25, -0.2) is 0 Å². The van der Waals surface area contributed by atoms with E-state index in [1.54, 1.807) is 0 Å². The first kappa shape index (κ1) is 18.7. The van der Waals surface area contributed by atoms with Crippen LogP contribution in [0.1, 0.15) is 38.8 Å². The van der Waals surface area contributed by atoms with Gasteiger partial charge in [0.25, 0.3) is 0 Å². The van der Waals surface area contributed by atoms with Crippen LogP contribution < -0.4 is 10.8 Å². The van der Waals surface area contributed by atoms with Crippen LogP contribution in [0.15, 0.2) is 48.5 Å². The average Bonchev–Trinajstić information content (AvgIpc) is 2.78. The number of carbonyl (C=O) groups excluding carboxylic acids is 1. The molecule has 1 N–H and O–H groups in total. The third-order valence-electron chi connectivity index (χ3n) is 5.21. The van der Waals surface area contributed by atoms with Gasteiger partial charge >= 0.3 is 7.12 Å². The lowest BCUT2D eigenvalue weighted by Gasteiger charge is -2.32. The predicted molar refractivity (Wildman–Crippen MR) is 106 cm³/mol. The Labute approximate surface area is 156 Å². The summed E-state index contributed by atoms with van der Waals surface area (Å²) in [5, 5.41) is 2.92. The molecule has 0 atom stereocenters. The van der Waals surface area contributed by atoms with Gasteiger partial charge < -0.3 is 14.6 Å². The third-order valence-corrected chi connectivity index (χ3v) is 5.21. The Hall–Kier alpha value is -2.11. The molecule has 0 aliphatic carbocycles. The first-order valence-electron chi connectivity index (χ1n) is 8.97. The number of rotatable bonds is 4. The highest BCUT2D eigenvalue weighted by atomic mass is 16.7. The summed E-state index contributed by atoms with van der Waals surface area (Å²) < 4.78 is 12.1. The fourth-order valence-electron chi connectivity index (χ4n) is 2.80. The van der Waals surface area contributed by atoms with Crippen molar-refractivity contribution >= 4 is 24.2 Å². The second-order valence-corrected chi connectivity index (χ2v) is 7.92. The maximum Gasteiger partial charge on any atom is 0.494 e. The molecule has 0 aromatic heterocycles. The van der Waals surface area contributed by atoms with Crippen LogP contribution in [0, 0.1) is 6.92 Å². The van der Waals surface area contributed by atoms with E-state index in [1.165, 1.54) is 5.56 Å². The first-order chi connectivity index (χ1) is 12.2. The molecule has 4 nitrogen and oxygen atoms in total. The van der Waals surface area contributed by atoms with E-state index in [2.05, 4.69) is 5.32 Å². The molecule has 0 spiro atoms. The van der Waals surface area contributed by atoms with E-state index in [9.17, 15) is 4.79 Å². The molecular formula is C21H26BNO3. The monoisotopic (exact) mass is 351 g/mol. The zero-order valence-corrected chi connectivity index (χ0v) is 16.1. The molecule has 1 saturated heterocycles. The molecule has 2 aromatic rings. The van der Waals surface area contributed by atoms with E-state index in [0.29, 0.717) is 6.42 Å². The van der Waals surface area contributed by atoms with Gasteiger partial charge in [-0.15, -0.1) is 0 Å². The molecule has 26 heavy (non-hydrogen) atoms. The van der Waals surface area contributed by atoms with Crippen molar-refractivity contribution < 1.29 is 14.1 Å². The van der Waals surface area contributed by atoms with Crippen LogP contribution >= 0.6 is 0 Å². The topological polar surface area (TPSA) is 47.6 Å². The van der Waals surface area contributed by atoms with Crippen LogP contribution in [0.2, 0.25) is 0 Å². The number of aryl methyl sites for hydroxylation is 1. The van der Waals surface area contributed by atoms with Crippen molar-refractivity contribution in [3.8, 4) is 0 Å². The van der Waals surface area contributed by atoms with E-state index in [1.807, 2.05) is 83.1 Å². The smallest absolute Gasteiger partial charge is 0.399 e. The summed E-state index contributed by atoms with van der Waals surface area (Å²) in [4.78, 5) is 12.2. The summed E-state index contributed by atoms with van der Waals surface area (Å²) in [7, 11) is -0.379. The largest absolute Gasteiger partial charge is 0.494 e. The van der Waals surface area contributed by atoms with E-state index >= 15 is 0 Å². The van der Waals surface area contributed by atoms with Crippen molar-refractivity contribution in [1.82, 2.24) is 0 Å². The molecule has 3 rings (SSSR count). The minimum Gasteiger partial charge on any atom is -0.399 e. The molecule has 2 aromatic carbocycles. The number of carbonyl (C=O) groups is 1. The van der Waals surface area contributed by atoms with Crippen molar-refractivity contribution in [2.45, 2.75) is 52.2 Å². The molecule has 1 fully saturated rings. The summed E-state index contributed by atoms with van der Waals surface area (Å²) in [6.07, 6.45) is 0.331. The lowest BCUT2D eigenvalue weighted by molar-refractivity contribution is -0.115. The highest BCUT2D eigenvalue weighted by molar-refractivity contribution is 6.62. The van der Waals surface area contributed by atoms with E-state index in [4.69, 9.17) is 9.31 Å². The number of hydrogen-bond acceptors (Lipinski definition) is 3. The summed E-state index contributed by atoms with van der Waals surface area (Å²) in [6, 6.07) is 15.6. The highest BCUT2D eigenvalue weighted by Crippen LogP contribution is 2.36. The Balaban J connectivity index is 1.61. The SMILES string of the molecule is Cc1ccc(NC(=O)Cc2ccc(B3OC(C)(C)C(C)(C)O3)cc2)cc1. The first-order valence-corrected chi connectivity index (χ1v) is 8.97.